The molecule has 1 fully saturated rings. The number of imidazole rings is 1. The zero-order valence-corrected chi connectivity index (χ0v) is 66.8. The number of hydrogen-bond acceptors (Lipinski definition) is 21. The first kappa shape index (κ1) is 92.8. The minimum atomic E-state index is -2.08. The summed E-state index contributed by atoms with van der Waals surface area (Å²) in [6.45, 7) is 12.8. The number of aromatic amines is 3. The van der Waals surface area contributed by atoms with Gasteiger partial charge in [-0.2, -0.15) is 0 Å². The third-order valence-corrected chi connectivity index (χ3v) is 21.3. The smallest absolute Gasteiger partial charge is 0.305 e. The number of nitrogens with zero attached hydrogens (tertiary/aromatic N) is 1. The number of carbonyl (C=O) groups excluding carboxylic acids is 15. The maximum absolute atomic E-state index is 15.1. The highest BCUT2D eigenvalue weighted by Crippen LogP contribution is 2.26. The Kier molecular flexibility index (Phi) is 35.6. The van der Waals surface area contributed by atoms with Gasteiger partial charge in [0.15, 0.2) is 5.96 Å². The summed E-state index contributed by atoms with van der Waals surface area (Å²) in [6, 6.07) is -4.91. The number of aromatic nitrogens is 4. The Morgan fingerprint density at radius 1 is 0.672 bits per heavy atom. The predicted molar refractivity (Wildman–Crippen MR) is 427 cm³/mol. The molecular formula is C74H104N22O18S2. The first-order valence-corrected chi connectivity index (χ1v) is 39.8. The first-order valence-electron chi connectivity index (χ1n) is 37.3. The van der Waals surface area contributed by atoms with E-state index in [1.165, 1.54) is 52.5 Å². The summed E-state index contributed by atoms with van der Waals surface area (Å²) < 4.78 is 0. The van der Waals surface area contributed by atoms with Crippen molar-refractivity contribution in [1.82, 2.24) is 94.4 Å². The van der Waals surface area contributed by atoms with Crippen LogP contribution in [-0.2, 0) is 96.0 Å². The van der Waals surface area contributed by atoms with Crippen LogP contribution in [0.5, 0.6) is 0 Å². The minimum absolute atomic E-state index is 0.0162. The number of aliphatic hydroxyl groups is 1. The number of rotatable bonds is 27. The van der Waals surface area contributed by atoms with Crippen LogP contribution >= 0.6 is 21.6 Å². The predicted octanol–water partition coefficient (Wildman–Crippen LogP) is -3.71. The van der Waals surface area contributed by atoms with Gasteiger partial charge in [-0.25, -0.2) is 4.98 Å². The minimum Gasteiger partial charge on any atom is -0.481 e. The van der Waals surface area contributed by atoms with Crippen molar-refractivity contribution in [1.29, 1.82) is 5.41 Å². The number of guanidine groups is 1. The number of carbonyl (C=O) groups is 16. The van der Waals surface area contributed by atoms with E-state index in [9.17, 15) is 72.5 Å². The van der Waals surface area contributed by atoms with Crippen molar-refractivity contribution in [2.75, 3.05) is 24.6 Å². The van der Waals surface area contributed by atoms with Gasteiger partial charge >= 0.3 is 5.97 Å². The van der Waals surface area contributed by atoms with Crippen LogP contribution in [0.1, 0.15) is 110 Å². The molecule has 0 saturated carbocycles. The average molecular weight is 1650 g/mol. The van der Waals surface area contributed by atoms with Gasteiger partial charge in [0, 0.05) is 96.7 Å². The van der Waals surface area contributed by atoms with Crippen molar-refractivity contribution in [3.63, 3.8) is 0 Å². The fourth-order valence-corrected chi connectivity index (χ4v) is 14.7. The maximum atomic E-state index is 15.1. The van der Waals surface area contributed by atoms with Crippen LogP contribution in [0.2, 0.25) is 0 Å². The third kappa shape index (κ3) is 28.2. The molecule has 116 heavy (non-hydrogen) atoms. The largest absolute Gasteiger partial charge is 0.481 e. The highest BCUT2D eigenvalue weighted by Gasteiger charge is 2.41. The molecule has 2 aromatic carbocycles. The molecule has 42 heteroatoms. The number of primary amides is 2. The lowest BCUT2D eigenvalue weighted by molar-refractivity contribution is -0.141. The zero-order chi connectivity index (χ0) is 85.7. The van der Waals surface area contributed by atoms with Gasteiger partial charge < -0.3 is 117 Å². The van der Waals surface area contributed by atoms with Crippen molar-refractivity contribution in [3.8, 4) is 0 Å². The molecule has 15 amide bonds. The van der Waals surface area contributed by atoms with Crippen molar-refractivity contribution in [2.24, 2.45) is 29.0 Å². The van der Waals surface area contributed by atoms with E-state index in [4.69, 9.17) is 22.6 Å². The molecule has 14 atom stereocenters. The molecule has 0 bridgehead atoms. The number of carboxylic acids is 1. The summed E-state index contributed by atoms with van der Waals surface area (Å²) in [6.07, 6.45) is 1.59. The highest BCUT2D eigenvalue weighted by molar-refractivity contribution is 8.76. The normalized spacial score (nSPS) is 23.0. The Bertz CT molecular complexity index is 4380. The Labute approximate surface area is 674 Å². The number of nitrogens with one attached hydrogen (secondary N) is 18. The van der Waals surface area contributed by atoms with E-state index in [1.54, 1.807) is 68.6 Å². The molecule has 0 spiro atoms. The number of H-pyrrole nitrogens is 3. The molecule has 1 aliphatic rings. The number of nitrogens with two attached hydrogens (primary N) is 3. The van der Waals surface area contributed by atoms with Crippen LogP contribution in [0.15, 0.2) is 86.1 Å². The van der Waals surface area contributed by atoms with Crippen LogP contribution in [-0.4, -0.2) is 233 Å². The van der Waals surface area contributed by atoms with E-state index in [1.807, 2.05) is 0 Å². The Morgan fingerprint density at radius 3 is 1.76 bits per heavy atom. The van der Waals surface area contributed by atoms with Crippen molar-refractivity contribution < 1.29 is 86.9 Å². The van der Waals surface area contributed by atoms with Crippen molar-refractivity contribution >= 4 is 144 Å². The molecule has 1 saturated heterocycles. The summed E-state index contributed by atoms with van der Waals surface area (Å²) in [5, 5.41) is 65.4. The van der Waals surface area contributed by atoms with Gasteiger partial charge in [-0.3, -0.25) is 82.1 Å². The Balaban J connectivity index is 1.50. The molecular weight excluding hydrogens is 1550 g/mol. The van der Waals surface area contributed by atoms with Crippen LogP contribution in [0.25, 0.3) is 21.8 Å². The number of benzene rings is 2. The van der Waals surface area contributed by atoms with E-state index in [2.05, 4.69) is 101 Å². The SMILES string of the molecule is C=CC[C@@]1(C)NC(=O)CNC(=O)[C@H](Cc2c[nH]c3ccccc23)NC(=O)[C@H](CC(=O)O)NC(=O)[C@H](CCC(N)=O)NC(=O)[C@H](Cc2c[nH]c3ccccc23)NC(=O)[C@H](C(C)C)NC(=O)[C@@H](NC(=O)[C@@H](NC(C)=O)[C@@H](C)CC)CSSC[C@@H](C(=O)N[C@H](C(N)=O)[C@@H](C)O)NC(=O)[C@H](CCCNC(=N)N)NC(=O)[C@H](Cc2cnc[nH]2)NC1=O. The van der Waals surface area contributed by atoms with Gasteiger partial charge in [0.05, 0.1) is 25.4 Å². The summed E-state index contributed by atoms with van der Waals surface area (Å²) in [5.41, 5.74) is 17.0. The molecule has 0 aliphatic carbocycles. The third-order valence-electron chi connectivity index (χ3n) is 18.9. The van der Waals surface area contributed by atoms with E-state index >= 15 is 14.4 Å². The molecule has 40 nitrogen and oxygen atoms in total. The Hall–Kier alpha value is -12.1. The number of aliphatic carboxylic acids is 1. The average Bonchev–Trinajstić information content (AvgIpc) is 1.76. The fraction of sp³-hybridized carbons (Fsp3) is 0.486. The van der Waals surface area contributed by atoms with Gasteiger partial charge in [-0.05, 0) is 74.6 Å². The van der Waals surface area contributed by atoms with E-state index in [0.717, 1.165) is 28.5 Å². The summed E-state index contributed by atoms with van der Waals surface area (Å²) >= 11 is 0. The summed E-state index contributed by atoms with van der Waals surface area (Å²) in [7, 11) is 1.64. The second kappa shape index (κ2) is 44.5. The Morgan fingerprint density at radius 2 is 1.22 bits per heavy atom. The molecule has 3 aromatic heterocycles. The number of carboxylic acid groups (broad SMARTS) is 1. The van der Waals surface area contributed by atoms with Gasteiger partial charge in [0.1, 0.15) is 72.0 Å². The number of fused-ring (bicyclic) bond motifs is 2. The van der Waals surface area contributed by atoms with Gasteiger partial charge in [-0.15, -0.1) is 6.58 Å². The number of aliphatic hydroxyl groups excluding tert-OH is 1. The second-order valence-corrected chi connectivity index (χ2v) is 31.1. The van der Waals surface area contributed by atoms with Crippen LogP contribution in [0.4, 0.5) is 0 Å². The van der Waals surface area contributed by atoms with Crippen LogP contribution in [0.3, 0.4) is 0 Å². The standard InChI is InChI=1S/C74H104N22O18S2/c1-9-23-74(8)72(114)93-51(27-42-31-79-35-84-42)66(108)86-47(20-15-24-80-73(77)78)63(105)91-53(69(111)95-60(38(6)97)61(76)103)33-115-116-34-54(92-71(113)59(37(5)10-2)85-39(7)98)68(110)94-58(36(3)4)70(112)90-50(26-41-30-82-46-19-14-12-17-44(41)46)65(107)87-48(21-22-55(75)99)64(106)89-52(28-57(101)102)67(109)88-49(62(104)83-32-56(100)96-74)25-40-29-81-45-18-13-11-16-43(40)45/h9,11-14,16-19,29-31,35-38,47-54,58-60,81-82,97H,1,10,15,20-28,32-34H2,2-8H3,(H2,75,99)(H2,76,103)(H,79,84)(H,83,104)(H,85,98)(H,86,108)(H,87,107)(H,88,109)(H,89,106)(H,90,112)(H,91,105)(H,92,113)(H,93,114)(H,94,110)(H,95,111)(H,96,100)(H,101,102)(H4,77,78,80)/t37-,38+,47-,48-,49-,50-,51-,52-,53-,54-,58-,59-,60-,74+/m0/s1. The number of para-hydroxylation sites is 2. The summed E-state index contributed by atoms with van der Waals surface area (Å²) in [4.78, 5) is 241. The first-order chi connectivity index (χ1) is 54.9. The van der Waals surface area contributed by atoms with Crippen LogP contribution in [0, 0.1) is 17.2 Å². The number of amides is 15. The van der Waals surface area contributed by atoms with Gasteiger partial charge in [0.25, 0.3) is 0 Å². The lowest BCUT2D eigenvalue weighted by atomic mass is 9.95. The highest BCUT2D eigenvalue weighted by atomic mass is 33.1. The maximum Gasteiger partial charge on any atom is 0.305 e. The molecule has 4 heterocycles. The quantitative estimate of drug-likeness (QED) is 0.00791. The topological polar surface area (TPSA) is 644 Å². The molecule has 1 aliphatic heterocycles. The van der Waals surface area contributed by atoms with E-state index in [0.29, 0.717) is 39.4 Å². The lowest BCUT2D eigenvalue weighted by Crippen LogP contribution is -2.63. The lowest BCUT2D eigenvalue weighted by Gasteiger charge is -2.31. The second-order valence-electron chi connectivity index (χ2n) is 28.5. The molecule has 26 N–H and O–H groups in total. The van der Waals surface area contributed by atoms with E-state index in [-0.39, 0.29) is 50.8 Å². The molecule has 6 rings (SSSR count). The van der Waals surface area contributed by atoms with Crippen molar-refractivity contribution in [2.45, 2.75) is 191 Å². The molecule has 5 aromatic rings. The number of hydrogen-bond donors (Lipinski definition) is 23. The van der Waals surface area contributed by atoms with Gasteiger partial charge in [0.2, 0.25) is 88.6 Å². The molecule has 630 valence electrons. The fourth-order valence-electron chi connectivity index (χ4n) is 12.3. The summed E-state index contributed by atoms with van der Waals surface area (Å²) in [5.74, 6) is -20.1. The van der Waals surface area contributed by atoms with Crippen molar-refractivity contribution in [3.05, 3.63) is 103 Å². The zero-order valence-electron chi connectivity index (χ0n) is 65.1. The molecule has 0 unspecified atom stereocenters. The van der Waals surface area contributed by atoms with Gasteiger partial charge in [-0.1, -0.05) is 98.2 Å². The van der Waals surface area contributed by atoms with Crippen LogP contribution < -0.4 is 91.6 Å². The van der Waals surface area contributed by atoms with E-state index < -0.39 is 228 Å². The monoisotopic (exact) mass is 1650 g/mol. The molecule has 0 radical (unpaired) electrons.